The molecule has 0 amide bonds. The lowest BCUT2D eigenvalue weighted by Crippen LogP contribution is -2.47. The molecule has 3 nitrogen and oxygen atoms in total. The second-order valence-electron chi connectivity index (χ2n) is 4.00. The molecule has 0 saturated carbocycles. The van der Waals surface area contributed by atoms with E-state index in [1.54, 1.807) is 21.3 Å². The molecule has 0 aromatic heterocycles. The first-order chi connectivity index (χ1) is 7.14. The minimum absolute atomic E-state index is 0. The van der Waals surface area contributed by atoms with Crippen molar-refractivity contribution in [3.8, 4) is 0 Å². The van der Waals surface area contributed by atoms with Crippen molar-refractivity contribution >= 4 is 21.2 Å². The van der Waals surface area contributed by atoms with Crippen molar-refractivity contribution in [1.82, 2.24) is 0 Å². The number of unbranched alkanes of at least 4 members (excludes halogenated alkanes) is 3. The van der Waals surface area contributed by atoms with Crippen molar-refractivity contribution in [2.24, 2.45) is 0 Å². The molecule has 0 fully saturated rings. The highest BCUT2D eigenvalue weighted by atomic mass is 28.1. The molecule has 0 aliphatic heterocycles. The third-order valence-electron chi connectivity index (χ3n) is 3.00. The quantitative estimate of drug-likeness (QED) is 0.330. The van der Waals surface area contributed by atoms with Crippen LogP contribution in [0.25, 0.3) is 0 Å². The van der Waals surface area contributed by atoms with Crippen LogP contribution in [0.2, 0.25) is 0 Å². The van der Waals surface area contributed by atoms with Crippen LogP contribution in [0.3, 0.4) is 0 Å². The molecule has 0 heterocycles. The molecule has 0 saturated heterocycles. The maximum atomic E-state index is 5.46. The van der Waals surface area contributed by atoms with E-state index in [-0.39, 0.29) is 17.1 Å². The summed E-state index contributed by atoms with van der Waals surface area (Å²) >= 11 is 0. The second kappa shape index (κ2) is 10.5. The van der Waals surface area contributed by atoms with Crippen LogP contribution in [0.15, 0.2) is 0 Å². The smallest absolute Gasteiger partial charge is 0.165 e. The van der Waals surface area contributed by atoms with Crippen molar-refractivity contribution in [3.63, 3.8) is 0 Å². The first-order valence-corrected chi connectivity index (χ1v) is 6.77. The Morgan fingerprint density at radius 3 is 2.00 bits per heavy atom. The number of rotatable bonds is 9. The van der Waals surface area contributed by atoms with E-state index in [1.807, 2.05) is 0 Å². The van der Waals surface area contributed by atoms with Gasteiger partial charge < -0.3 is 14.2 Å². The minimum Gasteiger partial charge on any atom is -0.376 e. The van der Waals surface area contributed by atoms with Crippen molar-refractivity contribution < 1.29 is 14.2 Å². The van der Waals surface area contributed by atoms with Crippen LogP contribution in [0.4, 0.5) is 0 Å². The Hall–Kier alpha value is 0.314. The van der Waals surface area contributed by atoms with Crippen LogP contribution in [0, 0.1) is 0 Å². The predicted molar refractivity (Wildman–Crippen MR) is 77.6 cm³/mol. The van der Waals surface area contributed by atoms with Crippen LogP contribution < -0.4 is 0 Å². The van der Waals surface area contributed by atoms with E-state index in [4.69, 9.17) is 14.2 Å². The van der Waals surface area contributed by atoms with Crippen molar-refractivity contribution in [3.05, 3.63) is 0 Å². The SMILES string of the molecule is CCCCCCC(OC)C([SiH3])(OC)OC.[SiH4]. The predicted octanol–water partition coefficient (Wildman–Crippen LogP) is -0.168. The molecule has 0 aromatic carbocycles. The Kier molecular flexibility index (Phi) is 12.2. The fourth-order valence-corrected chi connectivity index (χ4v) is 2.22. The van der Waals surface area contributed by atoms with Crippen LogP contribution in [-0.4, -0.2) is 54.1 Å². The number of hydrogen-bond acceptors (Lipinski definition) is 3. The molecule has 0 aliphatic rings. The maximum Gasteiger partial charge on any atom is 0.165 e. The Labute approximate surface area is 108 Å². The standard InChI is InChI=1S/C11H26O3Si.H4Si/c1-5-6-7-8-9-10(12-2)11(15,13-3)14-4;/h10H,5-9H2,1-4,15H3;1H4. The maximum absolute atomic E-state index is 5.46. The van der Waals surface area contributed by atoms with Gasteiger partial charge in [0.2, 0.25) is 0 Å². The molecule has 0 spiro atoms. The number of methoxy groups -OCH3 is 3. The topological polar surface area (TPSA) is 27.7 Å². The molecule has 0 aliphatic carbocycles. The Morgan fingerprint density at radius 2 is 1.62 bits per heavy atom. The van der Waals surface area contributed by atoms with Gasteiger partial charge in [-0.1, -0.05) is 32.6 Å². The summed E-state index contributed by atoms with van der Waals surface area (Å²) in [6, 6.07) is 0. The zero-order valence-corrected chi connectivity index (χ0v) is 12.8. The molecule has 16 heavy (non-hydrogen) atoms. The van der Waals surface area contributed by atoms with Crippen LogP contribution in [0.1, 0.15) is 39.0 Å². The summed E-state index contributed by atoms with van der Waals surface area (Å²) in [7, 11) is 5.92. The van der Waals surface area contributed by atoms with E-state index in [0.717, 1.165) is 16.7 Å². The highest BCUT2D eigenvalue weighted by molar-refractivity contribution is 6.13. The van der Waals surface area contributed by atoms with Gasteiger partial charge in [0, 0.05) is 21.3 Å². The van der Waals surface area contributed by atoms with Crippen LogP contribution in [0.5, 0.6) is 0 Å². The normalized spacial score (nSPS) is 13.5. The first kappa shape index (κ1) is 18.7. The fourth-order valence-electron chi connectivity index (χ4n) is 1.70. The molecule has 5 heteroatoms. The van der Waals surface area contributed by atoms with Crippen molar-refractivity contribution in [2.45, 2.75) is 50.5 Å². The van der Waals surface area contributed by atoms with Gasteiger partial charge in [0.25, 0.3) is 0 Å². The lowest BCUT2D eigenvalue weighted by atomic mass is 10.1. The Balaban J connectivity index is 0. The summed E-state index contributed by atoms with van der Waals surface area (Å²) in [6.07, 6.45) is 6.09. The van der Waals surface area contributed by atoms with Crippen LogP contribution in [-0.2, 0) is 14.2 Å². The zero-order chi connectivity index (χ0) is 11.7. The van der Waals surface area contributed by atoms with Gasteiger partial charge >= 0.3 is 0 Å². The first-order valence-electron chi connectivity index (χ1n) is 5.77. The highest BCUT2D eigenvalue weighted by Crippen LogP contribution is 2.20. The highest BCUT2D eigenvalue weighted by Gasteiger charge is 2.33. The molecule has 1 unspecified atom stereocenters. The van der Waals surface area contributed by atoms with Gasteiger partial charge in [-0.2, -0.15) is 0 Å². The average molecular weight is 267 g/mol. The summed E-state index contributed by atoms with van der Waals surface area (Å²) in [6.45, 7) is 2.22. The molecular weight excluding hydrogens is 236 g/mol. The average Bonchev–Trinajstić information content (AvgIpc) is 2.28. The number of hydrogen-bond donors (Lipinski definition) is 0. The van der Waals surface area contributed by atoms with Crippen molar-refractivity contribution in [2.75, 3.05) is 21.3 Å². The molecule has 0 radical (unpaired) electrons. The van der Waals surface area contributed by atoms with E-state index in [9.17, 15) is 0 Å². The van der Waals surface area contributed by atoms with Gasteiger partial charge in [0.05, 0.1) is 10.2 Å². The van der Waals surface area contributed by atoms with E-state index in [2.05, 4.69) is 6.92 Å². The lowest BCUT2D eigenvalue weighted by molar-refractivity contribution is -0.209. The largest absolute Gasteiger partial charge is 0.376 e. The van der Waals surface area contributed by atoms with E-state index in [1.165, 1.54) is 25.7 Å². The molecule has 0 bridgehead atoms. The van der Waals surface area contributed by atoms with Gasteiger partial charge in [-0.15, -0.1) is 0 Å². The molecule has 0 rings (SSSR count). The van der Waals surface area contributed by atoms with Crippen LogP contribution >= 0.6 is 0 Å². The fraction of sp³-hybridized carbons (Fsp3) is 1.00. The second-order valence-corrected chi connectivity index (χ2v) is 5.39. The summed E-state index contributed by atoms with van der Waals surface area (Å²) in [5.41, 5.74) is -0.485. The molecule has 1 atom stereocenters. The summed E-state index contributed by atoms with van der Waals surface area (Å²) in [5.74, 6) is 0. The van der Waals surface area contributed by atoms with E-state index >= 15 is 0 Å². The molecular formula is C11H30O3Si2. The molecule has 0 N–H and O–H groups in total. The summed E-state index contributed by atoms with van der Waals surface area (Å²) in [5, 5.41) is 0. The summed E-state index contributed by atoms with van der Waals surface area (Å²) in [4.78, 5) is 0. The lowest BCUT2D eigenvalue weighted by Gasteiger charge is -2.34. The third kappa shape index (κ3) is 6.15. The zero-order valence-electron chi connectivity index (χ0n) is 10.8. The van der Waals surface area contributed by atoms with Crippen molar-refractivity contribution in [1.29, 1.82) is 0 Å². The van der Waals surface area contributed by atoms with E-state index in [0.29, 0.717) is 0 Å². The Bertz CT molecular complexity index is 152. The third-order valence-corrected chi connectivity index (χ3v) is 4.46. The van der Waals surface area contributed by atoms with Gasteiger partial charge in [-0.05, 0) is 17.4 Å². The van der Waals surface area contributed by atoms with Gasteiger partial charge in [0.15, 0.2) is 5.41 Å². The van der Waals surface area contributed by atoms with Gasteiger partial charge in [-0.25, -0.2) is 0 Å². The monoisotopic (exact) mass is 266 g/mol. The Morgan fingerprint density at radius 1 is 1.06 bits per heavy atom. The number of ether oxygens (including phenoxy) is 3. The molecule has 0 aromatic rings. The molecule has 100 valence electrons. The van der Waals surface area contributed by atoms with Gasteiger partial charge in [0.1, 0.15) is 6.10 Å². The van der Waals surface area contributed by atoms with E-state index < -0.39 is 5.41 Å². The minimum atomic E-state index is -0.485. The summed E-state index contributed by atoms with van der Waals surface area (Å²) < 4.78 is 16.3. The van der Waals surface area contributed by atoms with Gasteiger partial charge in [-0.3, -0.25) is 0 Å².